The van der Waals surface area contributed by atoms with E-state index < -0.39 is 0 Å². The Kier molecular flexibility index (Phi) is 5.49. The molecule has 3 aromatic rings. The molecule has 2 fully saturated rings. The summed E-state index contributed by atoms with van der Waals surface area (Å²) in [5.41, 5.74) is 3.16. The molecular weight excluding hydrogens is 388 g/mol. The summed E-state index contributed by atoms with van der Waals surface area (Å²) in [6, 6.07) is 10.2. The van der Waals surface area contributed by atoms with Crippen LogP contribution in [0.4, 0.5) is 11.8 Å². The van der Waals surface area contributed by atoms with Gasteiger partial charge >= 0.3 is 0 Å². The van der Waals surface area contributed by atoms with Crippen LogP contribution in [0.5, 0.6) is 0 Å². The van der Waals surface area contributed by atoms with Crippen molar-refractivity contribution in [2.75, 3.05) is 49.1 Å². The molecule has 1 amide bonds. The van der Waals surface area contributed by atoms with E-state index in [9.17, 15) is 4.79 Å². The van der Waals surface area contributed by atoms with Crippen molar-refractivity contribution < 1.29 is 4.79 Å². The molecule has 2 aliphatic heterocycles. The lowest BCUT2D eigenvalue weighted by Gasteiger charge is -2.36. The van der Waals surface area contributed by atoms with Gasteiger partial charge in [-0.3, -0.25) is 4.79 Å². The van der Waals surface area contributed by atoms with Crippen molar-refractivity contribution in [2.45, 2.75) is 32.6 Å². The van der Waals surface area contributed by atoms with Crippen LogP contribution in [0.2, 0.25) is 0 Å². The minimum absolute atomic E-state index is 0.192. The second kappa shape index (κ2) is 8.57. The van der Waals surface area contributed by atoms with Crippen LogP contribution in [-0.2, 0) is 11.2 Å². The SMILES string of the molecule is Cc1cc(N2CCN(C(=O)Cc3c[nH]c4ccccc34)CC2)nc(N2CCCCC2)n1. The number of piperazine rings is 1. The molecule has 4 heterocycles. The van der Waals surface area contributed by atoms with Crippen molar-refractivity contribution in [3.63, 3.8) is 0 Å². The first-order valence-corrected chi connectivity index (χ1v) is 11.4. The summed E-state index contributed by atoms with van der Waals surface area (Å²) >= 11 is 0. The Hall–Kier alpha value is -3.09. The first kappa shape index (κ1) is 19.8. The molecule has 0 bridgehead atoms. The highest BCUT2D eigenvalue weighted by Crippen LogP contribution is 2.23. The van der Waals surface area contributed by atoms with Gasteiger partial charge in [-0.25, -0.2) is 4.98 Å². The molecule has 0 unspecified atom stereocenters. The zero-order chi connectivity index (χ0) is 21.2. The number of aryl methyl sites for hydroxylation is 1. The number of aromatic amines is 1. The molecule has 0 saturated carbocycles. The molecule has 7 heteroatoms. The van der Waals surface area contributed by atoms with Crippen LogP contribution >= 0.6 is 0 Å². The van der Waals surface area contributed by atoms with E-state index in [1.807, 2.05) is 36.2 Å². The maximum atomic E-state index is 12.9. The summed E-state index contributed by atoms with van der Waals surface area (Å²) in [5.74, 6) is 2.03. The average molecular weight is 419 g/mol. The number of para-hydroxylation sites is 1. The van der Waals surface area contributed by atoms with E-state index >= 15 is 0 Å². The number of fused-ring (bicyclic) bond motifs is 1. The van der Waals surface area contributed by atoms with Gasteiger partial charge in [0.1, 0.15) is 5.82 Å². The lowest BCUT2D eigenvalue weighted by atomic mass is 10.1. The van der Waals surface area contributed by atoms with Crippen LogP contribution in [-0.4, -0.2) is 65.0 Å². The Morgan fingerprint density at radius 3 is 2.55 bits per heavy atom. The number of anilines is 2. The van der Waals surface area contributed by atoms with Gasteiger partial charge in [-0.2, -0.15) is 4.98 Å². The molecule has 7 nitrogen and oxygen atoms in total. The van der Waals surface area contributed by atoms with Gasteiger partial charge in [0.05, 0.1) is 6.42 Å². The van der Waals surface area contributed by atoms with Crippen molar-refractivity contribution in [3.8, 4) is 0 Å². The predicted octanol–water partition coefficient (Wildman–Crippen LogP) is 3.15. The van der Waals surface area contributed by atoms with E-state index in [1.54, 1.807) is 0 Å². The maximum Gasteiger partial charge on any atom is 0.227 e. The van der Waals surface area contributed by atoms with Gasteiger partial charge < -0.3 is 19.7 Å². The summed E-state index contributed by atoms with van der Waals surface area (Å²) in [5, 5.41) is 1.14. The summed E-state index contributed by atoms with van der Waals surface area (Å²) in [6.45, 7) is 7.18. The monoisotopic (exact) mass is 418 g/mol. The summed E-state index contributed by atoms with van der Waals surface area (Å²) in [4.78, 5) is 32.3. The minimum atomic E-state index is 0.192. The molecule has 5 rings (SSSR count). The zero-order valence-electron chi connectivity index (χ0n) is 18.2. The smallest absolute Gasteiger partial charge is 0.227 e. The van der Waals surface area contributed by atoms with Crippen molar-refractivity contribution in [1.29, 1.82) is 0 Å². The van der Waals surface area contributed by atoms with Crippen LogP contribution < -0.4 is 9.80 Å². The van der Waals surface area contributed by atoms with E-state index in [0.29, 0.717) is 6.42 Å². The van der Waals surface area contributed by atoms with E-state index in [2.05, 4.69) is 31.9 Å². The van der Waals surface area contributed by atoms with Crippen LogP contribution in [0.1, 0.15) is 30.5 Å². The number of carbonyl (C=O) groups excluding carboxylic acids is 1. The molecule has 0 aliphatic carbocycles. The minimum Gasteiger partial charge on any atom is -0.361 e. The van der Waals surface area contributed by atoms with Gasteiger partial charge in [0.25, 0.3) is 0 Å². The highest BCUT2D eigenvalue weighted by atomic mass is 16.2. The molecular formula is C24H30N6O. The number of aromatic nitrogens is 3. The maximum absolute atomic E-state index is 12.9. The van der Waals surface area contributed by atoms with Gasteiger partial charge in [0.2, 0.25) is 11.9 Å². The summed E-state index contributed by atoms with van der Waals surface area (Å²) in [6.07, 6.45) is 6.12. The van der Waals surface area contributed by atoms with Crippen molar-refractivity contribution in [3.05, 3.63) is 47.8 Å². The largest absolute Gasteiger partial charge is 0.361 e. The third-order valence-corrected chi connectivity index (χ3v) is 6.44. The Morgan fingerprint density at radius 1 is 0.968 bits per heavy atom. The Bertz CT molecular complexity index is 1060. The fourth-order valence-corrected chi connectivity index (χ4v) is 4.67. The molecule has 2 aliphatic rings. The van der Waals surface area contributed by atoms with Crippen LogP contribution in [0, 0.1) is 6.92 Å². The summed E-state index contributed by atoms with van der Waals surface area (Å²) < 4.78 is 0. The van der Waals surface area contributed by atoms with E-state index in [0.717, 1.165) is 73.2 Å². The molecule has 2 saturated heterocycles. The first-order chi connectivity index (χ1) is 15.2. The number of nitrogens with one attached hydrogen (secondary N) is 1. The second-order valence-electron chi connectivity index (χ2n) is 8.62. The fraction of sp³-hybridized carbons (Fsp3) is 0.458. The normalized spacial score (nSPS) is 17.4. The molecule has 0 spiro atoms. The molecule has 0 radical (unpaired) electrons. The third-order valence-electron chi connectivity index (χ3n) is 6.44. The average Bonchev–Trinajstić information content (AvgIpc) is 3.22. The second-order valence-corrected chi connectivity index (χ2v) is 8.62. The highest BCUT2D eigenvalue weighted by molar-refractivity contribution is 5.89. The molecule has 31 heavy (non-hydrogen) atoms. The highest BCUT2D eigenvalue weighted by Gasteiger charge is 2.24. The molecule has 162 valence electrons. The zero-order valence-corrected chi connectivity index (χ0v) is 18.2. The standard InChI is InChI=1S/C24H30N6O/c1-18-15-22(27-24(26-18)30-9-5-2-6-10-30)28-11-13-29(14-12-28)23(31)16-19-17-25-21-8-4-3-7-20(19)21/h3-4,7-8,15,17,25H,2,5-6,9-14,16H2,1H3. The van der Waals surface area contributed by atoms with Gasteiger partial charge in [0, 0.05) is 68.1 Å². The molecule has 1 N–H and O–H groups in total. The van der Waals surface area contributed by atoms with Crippen molar-refractivity contribution in [2.24, 2.45) is 0 Å². The summed E-state index contributed by atoms with van der Waals surface area (Å²) in [7, 11) is 0. The molecule has 0 atom stereocenters. The fourth-order valence-electron chi connectivity index (χ4n) is 4.67. The number of hydrogen-bond acceptors (Lipinski definition) is 5. The van der Waals surface area contributed by atoms with Crippen LogP contribution in [0.15, 0.2) is 36.5 Å². The Morgan fingerprint density at radius 2 is 1.74 bits per heavy atom. The number of benzene rings is 1. The number of hydrogen-bond donors (Lipinski definition) is 1. The number of carbonyl (C=O) groups is 1. The predicted molar refractivity (Wildman–Crippen MR) is 124 cm³/mol. The van der Waals surface area contributed by atoms with Crippen molar-refractivity contribution in [1.82, 2.24) is 19.9 Å². The number of amides is 1. The number of piperidine rings is 1. The topological polar surface area (TPSA) is 68.4 Å². The van der Waals surface area contributed by atoms with Crippen LogP contribution in [0.3, 0.4) is 0 Å². The number of H-pyrrole nitrogens is 1. The van der Waals surface area contributed by atoms with E-state index in [4.69, 9.17) is 4.98 Å². The number of nitrogens with zero attached hydrogens (tertiary/aromatic N) is 5. The van der Waals surface area contributed by atoms with E-state index in [1.165, 1.54) is 19.3 Å². The Balaban J connectivity index is 1.23. The number of rotatable bonds is 4. The molecule has 1 aromatic carbocycles. The van der Waals surface area contributed by atoms with Gasteiger partial charge in [-0.1, -0.05) is 18.2 Å². The third kappa shape index (κ3) is 4.22. The molecule has 2 aromatic heterocycles. The quantitative estimate of drug-likeness (QED) is 0.705. The van der Waals surface area contributed by atoms with Crippen molar-refractivity contribution >= 4 is 28.6 Å². The van der Waals surface area contributed by atoms with Gasteiger partial charge in [-0.15, -0.1) is 0 Å². The lowest BCUT2D eigenvalue weighted by molar-refractivity contribution is -0.130. The lowest BCUT2D eigenvalue weighted by Crippen LogP contribution is -2.49. The van der Waals surface area contributed by atoms with E-state index in [-0.39, 0.29) is 5.91 Å². The first-order valence-electron chi connectivity index (χ1n) is 11.4. The van der Waals surface area contributed by atoms with Gasteiger partial charge in [-0.05, 0) is 37.8 Å². The Labute approximate surface area is 183 Å². The van der Waals surface area contributed by atoms with Crippen LogP contribution in [0.25, 0.3) is 10.9 Å². The van der Waals surface area contributed by atoms with Gasteiger partial charge in [0.15, 0.2) is 0 Å².